The van der Waals surface area contributed by atoms with E-state index in [-0.39, 0.29) is 5.41 Å². The van der Waals surface area contributed by atoms with Crippen molar-refractivity contribution in [1.82, 2.24) is 15.0 Å². The third-order valence-corrected chi connectivity index (χ3v) is 11.4. The van der Waals surface area contributed by atoms with Gasteiger partial charge in [0.2, 0.25) is 5.95 Å². The summed E-state index contributed by atoms with van der Waals surface area (Å²) >= 11 is 1.85. The molecule has 0 bridgehead atoms. The highest BCUT2D eigenvalue weighted by Crippen LogP contribution is 2.58. The Bertz CT molecular complexity index is 2790. The summed E-state index contributed by atoms with van der Waals surface area (Å²) in [7, 11) is 0. The molecule has 0 saturated carbocycles. The summed E-state index contributed by atoms with van der Waals surface area (Å²) in [6.45, 7) is 4.72. The maximum Gasteiger partial charge on any atom is 0.238 e. The van der Waals surface area contributed by atoms with Crippen molar-refractivity contribution in [3.8, 4) is 33.9 Å². The van der Waals surface area contributed by atoms with Crippen LogP contribution in [0.25, 0.3) is 64.8 Å². The van der Waals surface area contributed by atoms with Gasteiger partial charge in [0.25, 0.3) is 0 Å². The summed E-state index contributed by atoms with van der Waals surface area (Å²) in [5.74, 6) is 1.87. The van der Waals surface area contributed by atoms with E-state index in [0.717, 1.165) is 33.6 Å². The SMILES string of the molecule is CC1(C)c2ccccc2N(c2nc(-c3ccccc3)nc(-c3cccc(-c4ccccc4)c3)n2)c2c1c1ccccc1c1c2sc2ccccc21. The molecular weight excluding hydrogens is 641 g/mol. The van der Waals surface area contributed by atoms with Crippen molar-refractivity contribution in [3.63, 3.8) is 0 Å². The van der Waals surface area contributed by atoms with Crippen LogP contribution >= 0.6 is 11.3 Å². The predicted octanol–water partition coefficient (Wildman–Crippen LogP) is 12.5. The second-order valence-corrected chi connectivity index (χ2v) is 14.7. The highest BCUT2D eigenvalue weighted by molar-refractivity contribution is 7.26. The van der Waals surface area contributed by atoms with E-state index < -0.39 is 0 Å². The quantitative estimate of drug-likeness (QED) is 0.187. The predicted molar refractivity (Wildman–Crippen MR) is 213 cm³/mol. The number of benzene rings is 7. The highest BCUT2D eigenvalue weighted by atomic mass is 32.1. The van der Waals surface area contributed by atoms with Crippen molar-refractivity contribution in [1.29, 1.82) is 0 Å². The van der Waals surface area contributed by atoms with Gasteiger partial charge in [-0.25, -0.2) is 4.98 Å². The smallest absolute Gasteiger partial charge is 0.238 e. The van der Waals surface area contributed by atoms with Gasteiger partial charge in [-0.05, 0) is 51.2 Å². The lowest BCUT2D eigenvalue weighted by molar-refractivity contribution is 0.638. The molecule has 0 amide bonds. The molecule has 0 N–H and O–H groups in total. The molecule has 7 aromatic carbocycles. The minimum atomic E-state index is -0.297. The van der Waals surface area contributed by atoms with Crippen LogP contribution in [0, 0.1) is 0 Å². The molecule has 2 aromatic heterocycles. The number of anilines is 3. The fraction of sp³-hybridized carbons (Fsp3) is 0.0652. The van der Waals surface area contributed by atoms with Crippen LogP contribution in [0.2, 0.25) is 0 Å². The fourth-order valence-corrected chi connectivity index (χ4v) is 9.18. The number of thiophene rings is 1. The third-order valence-electron chi connectivity index (χ3n) is 10.3. The Labute approximate surface area is 300 Å². The van der Waals surface area contributed by atoms with Gasteiger partial charge in [-0.2, -0.15) is 9.97 Å². The zero-order valence-electron chi connectivity index (χ0n) is 28.2. The van der Waals surface area contributed by atoms with Gasteiger partial charge < -0.3 is 0 Å². The molecule has 10 rings (SSSR count). The highest BCUT2D eigenvalue weighted by Gasteiger charge is 2.41. The normalized spacial score (nSPS) is 13.4. The molecule has 1 aliphatic rings. The van der Waals surface area contributed by atoms with Crippen molar-refractivity contribution in [2.24, 2.45) is 0 Å². The van der Waals surface area contributed by atoms with Gasteiger partial charge in [0.1, 0.15) is 0 Å². The van der Waals surface area contributed by atoms with Crippen LogP contribution in [0.5, 0.6) is 0 Å². The Morgan fingerprint density at radius 3 is 1.88 bits per heavy atom. The molecule has 0 atom stereocenters. The van der Waals surface area contributed by atoms with Crippen LogP contribution in [0.4, 0.5) is 17.3 Å². The monoisotopic (exact) mass is 672 g/mol. The van der Waals surface area contributed by atoms with Crippen molar-refractivity contribution in [2.75, 3.05) is 4.90 Å². The molecule has 242 valence electrons. The molecule has 0 spiro atoms. The average molecular weight is 673 g/mol. The number of para-hydroxylation sites is 1. The number of nitrogens with zero attached hydrogens (tertiary/aromatic N) is 4. The first-order valence-corrected chi connectivity index (χ1v) is 18.1. The first-order valence-electron chi connectivity index (χ1n) is 17.3. The Morgan fingerprint density at radius 1 is 0.510 bits per heavy atom. The van der Waals surface area contributed by atoms with E-state index in [0.29, 0.717) is 17.6 Å². The van der Waals surface area contributed by atoms with Crippen molar-refractivity contribution < 1.29 is 0 Å². The fourth-order valence-electron chi connectivity index (χ4n) is 7.92. The Balaban J connectivity index is 1.32. The van der Waals surface area contributed by atoms with E-state index in [1.165, 1.54) is 42.1 Å². The molecular formula is C46H32N4S. The van der Waals surface area contributed by atoms with E-state index in [2.05, 4.69) is 152 Å². The van der Waals surface area contributed by atoms with Crippen LogP contribution in [0.15, 0.2) is 158 Å². The number of hydrogen-bond acceptors (Lipinski definition) is 5. The van der Waals surface area contributed by atoms with Crippen LogP contribution in [-0.4, -0.2) is 15.0 Å². The van der Waals surface area contributed by atoms with E-state index in [9.17, 15) is 0 Å². The number of fused-ring (bicyclic) bond motifs is 9. The number of rotatable bonds is 4. The summed E-state index contributed by atoms with van der Waals surface area (Å²) < 4.78 is 2.50. The molecule has 51 heavy (non-hydrogen) atoms. The van der Waals surface area contributed by atoms with Gasteiger partial charge in [-0.3, -0.25) is 4.90 Å². The van der Waals surface area contributed by atoms with Gasteiger partial charge >= 0.3 is 0 Å². The molecule has 0 saturated heterocycles. The zero-order valence-corrected chi connectivity index (χ0v) is 29.0. The van der Waals surface area contributed by atoms with Crippen LogP contribution in [0.1, 0.15) is 25.0 Å². The van der Waals surface area contributed by atoms with E-state index >= 15 is 0 Å². The van der Waals surface area contributed by atoms with E-state index in [1.807, 2.05) is 35.6 Å². The Morgan fingerprint density at radius 2 is 1.10 bits per heavy atom. The first-order chi connectivity index (χ1) is 25.1. The summed E-state index contributed by atoms with van der Waals surface area (Å²) in [4.78, 5) is 18.2. The summed E-state index contributed by atoms with van der Waals surface area (Å²) in [5, 5.41) is 5.07. The standard InChI is InChI=1S/C46H32N4S/c1-46(2)36-25-12-13-26-37(36)50(41-40(46)34-23-10-9-22-33(34)39-35-24-11-14-27-38(35)51-42(39)41)45-48-43(30-18-7-4-8-19-30)47-44(49-45)32-21-15-20-31(28-32)29-16-5-3-6-17-29/h3-28H,1-2H3. The second-order valence-electron chi connectivity index (χ2n) is 13.6. The minimum Gasteiger partial charge on any atom is -0.277 e. The van der Waals surface area contributed by atoms with Crippen LogP contribution in [-0.2, 0) is 5.41 Å². The van der Waals surface area contributed by atoms with Crippen LogP contribution in [0.3, 0.4) is 0 Å². The zero-order chi connectivity index (χ0) is 34.1. The Kier molecular flexibility index (Phi) is 6.67. The van der Waals surface area contributed by atoms with Crippen LogP contribution < -0.4 is 4.90 Å². The van der Waals surface area contributed by atoms with E-state index in [1.54, 1.807) is 0 Å². The van der Waals surface area contributed by atoms with Crippen molar-refractivity contribution in [2.45, 2.75) is 19.3 Å². The summed E-state index contributed by atoms with van der Waals surface area (Å²) in [6.07, 6.45) is 0. The van der Waals surface area contributed by atoms with Crippen molar-refractivity contribution in [3.05, 3.63) is 169 Å². The summed E-state index contributed by atoms with van der Waals surface area (Å²) in [6, 6.07) is 55.6. The lowest BCUT2D eigenvalue weighted by Gasteiger charge is -2.42. The van der Waals surface area contributed by atoms with Gasteiger partial charge in [0.15, 0.2) is 11.6 Å². The van der Waals surface area contributed by atoms with Gasteiger partial charge in [-0.1, -0.05) is 153 Å². The number of hydrogen-bond donors (Lipinski definition) is 0. The Hall–Kier alpha value is -6.17. The molecule has 0 unspecified atom stereocenters. The molecule has 0 aliphatic carbocycles. The maximum atomic E-state index is 5.38. The molecule has 9 aromatic rings. The van der Waals surface area contributed by atoms with Gasteiger partial charge in [0, 0.05) is 32.0 Å². The molecule has 0 fully saturated rings. The maximum absolute atomic E-state index is 5.38. The summed E-state index contributed by atoms with van der Waals surface area (Å²) in [5.41, 5.74) is 8.59. The molecule has 5 heteroatoms. The van der Waals surface area contributed by atoms with E-state index in [4.69, 9.17) is 15.0 Å². The molecule has 1 aliphatic heterocycles. The average Bonchev–Trinajstić information content (AvgIpc) is 3.59. The van der Waals surface area contributed by atoms with Crippen molar-refractivity contribution >= 4 is 59.6 Å². The largest absolute Gasteiger partial charge is 0.277 e. The molecule has 3 heterocycles. The first kappa shape index (κ1) is 29.7. The lowest BCUT2D eigenvalue weighted by atomic mass is 9.71. The van der Waals surface area contributed by atoms with Gasteiger partial charge in [0.05, 0.1) is 16.1 Å². The lowest BCUT2D eigenvalue weighted by Crippen LogP contribution is -2.32. The van der Waals surface area contributed by atoms with Gasteiger partial charge in [-0.15, -0.1) is 11.3 Å². The minimum absolute atomic E-state index is 0.297. The molecule has 4 nitrogen and oxygen atoms in total. The second kappa shape index (κ2) is 11.4. The topological polar surface area (TPSA) is 41.9 Å². The number of aromatic nitrogens is 3. The third kappa shape index (κ3) is 4.62. The molecule has 0 radical (unpaired) electrons.